The van der Waals surface area contributed by atoms with Gasteiger partial charge in [-0.15, -0.1) is 0 Å². The van der Waals surface area contributed by atoms with Crippen LogP contribution >= 0.6 is 0 Å². The van der Waals surface area contributed by atoms with Crippen molar-refractivity contribution in [2.75, 3.05) is 7.11 Å². The van der Waals surface area contributed by atoms with E-state index in [2.05, 4.69) is 10.6 Å². The highest BCUT2D eigenvalue weighted by molar-refractivity contribution is 5.96. The van der Waals surface area contributed by atoms with E-state index in [9.17, 15) is 19.2 Å². The molecule has 168 valence electrons. The van der Waals surface area contributed by atoms with Gasteiger partial charge in [-0.05, 0) is 29.7 Å². The van der Waals surface area contributed by atoms with E-state index in [-0.39, 0.29) is 49.5 Å². The van der Waals surface area contributed by atoms with E-state index in [1.165, 1.54) is 0 Å². The largest absolute Gasteiger partial charge is 0.497 e. The third-order valence-corrected chi connectivity index (χ3v) is 5.17. The molecule has 1 saturated heterocycles. The Bertz CT molecular complexity index is 958. The van der Waals surface area contributed by atoms with Gasteiger partial charge in [0, 0.05) is 6.42 Å². The summed E-state index contributed by atoms with van der Waals surface area (Å²) in [6.07, 6.45) is 0.290. The molecule has 0 spiro atoms. The summed E-state index contributed by atoms with van der Waals surface area (Å²) in [6.45, 7) is 0.0737. The summed E-state index contributed by atoms with van der Waals surface area (Å²) in [7, 11) is 1.57. The number of benzene rings is 2. The van der Waals surface area contributed by atoms with Crippen LogP contribution in [0.2, 0.25) is 0 Å². The summed E-state index contributed by atoms with van der Waals surface area (Å²) in [5.41, 5.74) is 1.64. The highest BCUT2D eigenvalue weighted by atomic mass is 16.5. The van der Waals surface area contributed by atoms with Crippen molar-refractivity contribution in [1.29, 1.82) is 0 Å². The van der Waals surface area contributed by atoms with Gasteiger partial charge in [0.25, 0.3) is 0 Å². The van der Waals surface area contributed by atoms with Crippen molar-refractivity contribution in [2.24, 2.45) is 0 Å². The van der Waals surface area contributed by atoms with Gasteiger partial charge < -0.3 is 20.1 Å². The predicted molar refractivity (Wildman–Crippen MR) is 116 cm³/mol. The van der Waals surface area contributed by atoms with Gasteiger partial charge in [0.1, 0.15) is 30.6 Å². The van der Waals surface area contributed by atoms with Gasteiger partial charge in [-0.3, -0.25) is 19.2 Å². The first-order valence-electron chi connectivity index (χ1n) is 10.4. The molecule has 3 rings (SSSR count). The van der Waals surface area contributed by atoms with Crippen LogP contribution in [0.3, 0.4) is 0 Å². The van der Waals surface area contributed by atoms with Crippen molar-refractivity contribution < 1.29 is 28.7 Å². The molecule has 0 saturated carbocycles. The summed E-state index contributed by atoms with van der Waals surface area (Å²) >= 11 is 0. The Morgan fingerprint density at radius 1 is 1.00 bits per heavy atom. The zero-order chi connectivity index (χ0) is 22.9. The molecule has 8 heteroatoms. The molecule has 0 radical (unpaired) electrons. The van der Waals surface area contributed by atoms with Crippen molar-refractivity contribution in [1.82, 2.24) is 10.6 Å². The first kappa shape index (κ1) is 23.0. The molecule has 0 bridgehead atoms. The SMILES string of the molecule is COc1ccc(COC(=O)CC(=O)CC[C@H]2NC(=O)[C@H]2NC(=O)Cc2ccccc2)cc1. The summed E-state index contributed by atoms with van der Waals surface area (Å²) in [5.74, 6) is -0.707. The number of carbonyl (C=O) groups is 4. The average Bonchev–Trinajstić information content (AvgIpc) is 2.79. The molecular weight excluding hydrogens is 412 g/mol. The highest BCUT2D eigenvalue weighted by Crippen LogP contribution is 2.15. The number of rotatable bonds is 11. The minimum absolute atomic E-state index is 0.0737. The lowest BCUT2D eigenvalue weighted by Gasteiger charge is -2.37. The van der Waals surface area contributed by atoms with Gasteiger partial charge in [0.2, 0.25) is 11.8 Å². The third kappa shape index (κ3) is 6.66. The molecule has 0 aliphatic carbocycles. The number of methoxy groups -OCH3 is 1. The van der Waals surface area contributed by atoms with Crippen LogP contribution in [0.25, 0.3) is 0 Å². The number of ketones is 1. The van der Waals surface area contributed by atoms with E-state index >= 15 is 0 Å². The van der Waals surface area contributed by atoms with Crippen LogP contribution in [0.4, 0.5) is 0 Å². The van der Waals surface area contributed by atoms with E-state index in [0.717, 1.165) is 11.1 Å². The van der Waals surface area contributed by atoms with E-state index in [0.29, 0.717) is 12.2 Å². The molecule has 8 nitrogen and oxygen atoms in total. The minimum atomic E-state index is -0.666. The molecular formula is C24H26N2O6. The summed E-state index contributed by atoms with van der Waals surface area (Å²) < 4.78 is 10.2. The van der Waals surface area contributed by atoms with E-state index in [1.54, 1.807) is 31.4 Å². The predicted octanol–water partition coefficient (Wildman–Crippen LogP) is 1.70. The topological polar surface area (TPSA) is 111 Å². The average molecular weight is 438 g/mol. The molecule has 1 heterocycles. The lowest BCUT2D eigenvalue weighted by atomic mass is 9.92. The monoisotopic (exact) mass is 438 g/mol. The Morgan fingerprint density at radius 3 is 2.38 bits per heavy atom. The van der Waals surface area contributed by atoms with E-state index in [1.807, 2.05) is 30.3 Å². The number of hydrogen-bond acceptors (Lipinski definition) is 6. The summed E-state index contributed by atoms with van der Waals surface area (Å²) in [6, 6.07) is 15.3. The number of amides is 2. The Labute approximate surface area is 186 Å². The van der Waals surface area contributed by atoms with Crippen LogP contribution in [-0.2, 0) is 36.9 Å². The molecule has 1 fully saturated rings. The molecule has 1 aliphatic rings. The van der Waals surface area contributed by atoms with Crippen LogP contribution < -0.4 is 15.4 Å². The Morgan fingerprint density at radius 2 is 1.72 bits per heavy atom. The van der Waals surface area contributed by atoms with E-state index < -0.39 is 12.0 Å². The smallest absolute Gasteiger partial charge is 0.313 e. The first-order chi connectivity index (χ1) is 15.4. The van der Waals surface area contributed by atoms with Crippen LogP contribution in [0.15, 0.2) is 54.6 Å². The van der Waals surface area contributed by atoms with Crippen molar-refractivity contribution in [3.63, 3.8) is 0 Å². The van der Waals surface area contributed by atoms with Crippen LogP contribution in [-0.4, -0.2) is 42.8 Å². The van der Waals surface area contributed by atoms with Crippen LogP contribution in [0.1, 0.15) is 30.4 Å². The lowest BCUT2D eigenvalue weighted by molar-refractivity contribution is -0.147. The number of ether oxygens (including phenoxy) is 2. The van der Waals surface area contributed by atoms with Gasteiger partial charge >= 0.3 is 5.97 Å². The fraction of sp³-hybridized carbons (Fsp3) is 0.333. The number of hydrogen-bond donors (Lipinski definition) is 2. The molecule has 0 unspecified atom stereocenters. The number of Topliss-reactive ketones (excluding diaryl/α,β-unsaturated/α-hetero) is 1. The Balaban J connectivity index is 1.36. The Kier molecular flexibility index (Phi) is 7.96. The van der Waals surface area contributed by atoms with Gasteiger partial charge in [-0.2, -0.15) is 0 Å². The fourth-order valence-electron chi connectivity index (χ4n) is 3.36. The second-order valence-electron chi connectivity index (χ2n) is 7.59. The van der Waals surface area contributed by atoms with Crippen molar-refractivity contribution in [3.05, 3.63) is 65.7 Å². The number of carbonyl (C=O) groups excluding carboxylic acids is 4. The number of nitrogens with one attached hydrogen (secondary N) is 2. The molecule has 2 atom stereocenters. The fourth-order valence-corrected chi connectivity index (χ4v) is 3.36. The zero-order valence-electron chi connectivity index (χ0n) is 17.8. The molecule has 2 N–H and O–H groups in total. The lowest BCUT2D eigenvalue weighted by Crippen LogP contribution is -2.69. The third-order valence-electron chi connectivity index (χ3n) is 5.17. The van der Waals surface area contributed by atoms with Crippen LogP contribution in [0, 0.1) is 0 Å². The van der Waals surface area contributed by atoms with Crippen molar-refractivity contribution >= 4 is 23.6 Å². The second-order valence-corrected chi connectivity index (χ2v) is 7.59. The maximum absolute atomic E-state index is 12.2. The minimum Gasteiger partial charge on any atom is -0.497 e. The summed E-state index contributed by atoms with van der Waals surface area (Å²) in [4.78, 5) is 48.1. The molecule has 2 aromatic rings. The normalized spacial score (nSPS) is 17.0. The highest BCUT2D eigenvalue weighted by Gasteiger charge is 2.40. The zero-order valence-corrected chi connectivity index (χ0v) is 17.8. The van der Waals surface area contributed by atoms with Gasteiger partial charge in [-0.1, -0.05) is 42.5 Å². The first-order valence-corrected chi connectivity index (χ1v) is 10.4. The van der Waals surface area contributed by atoms with Gasteiger partial charge in [0.15, 0.2) is 0 Å². The molecule has 1 aliphatic heterocycles. The molecule has 0 aromatic heterocycles. The number of esters is 1. The molecule has 2 amide bonds. The molecule has 2 aromatic carbocycles. The summed E-state index contributed by atoms with van der Waals surface area (Å²) in [5, 5.41) is 5.41. The number of β-lactam (4-membered cyclic amide) rings is 1. The van der Waals surface area contributed by atoms with Gasteiger partial charge in [0.05, 0.1) is 19.6 Å². The van der Waals surface area contributed by atoms with E-state index in [4.69, 9.17) is 9.47 Å². The quantitative estimate of drug-likeness (QED) is 0.314. The van der Waals surface area contributed by atoms with Crippen molar-refractivity contribution in [3.8, 4) is 5.75 Å². The Hall–Kier alpha value is -3.68. The standard InChI is InChI=1S/C24H26N2O6/c1-31-19-10-7-17(8-11-19)15-32-22(29)14-18(27)9-12-20-23(24(30)25-20)26-21(28)13-16-5-3-2-4-6-16/h2-8,10-11,20,23H,9,12-15H2,1H3,(H,25,30)(H,26,28)/t20-,23+/m1/s1. The van der Waals surface area contributed by atoms with Crippen LogP contribution in [0.5, 0.6) is 5.75 Å². The maximum Gasteiger partial charge on any atom is 0.313 e. The molecule has 32 heavy (non-hydrogen) atoms. The van der Waals surface area contributed by atoms with Crippen molar-refractivity contribution in [2.45, 2.75) is 44.4 Å². The second kappa shape index (κ2) is 11.1. The maximum atomic E-state index is 12.2. The van der Waals surface area contributed by atoms with Gasteiger partial charge in [-0.25, -0.2) is 0 Å².